The highest BCUT2D eigenvalue weighted by Crippen LogP contribution is 2.23. The largest absolute Gasteiger partial charge is 0.488 e. The van der Waals surface area contributed by atoms with E-state index in [1.165, 1.54) is 9.80 Å². The van der Waals surface area contributed by atoms with Gasteiger partial charge in [-0.15, -0.1) is 0 Å². The summed E-state index contributed by atoms with van der Waals surface area (Å²) in [4.78, 5) is 83.7. The molecule has 0 aliphatic carbocycles. The predicted molar refractivity (Wildman–Crippen MR) is 224 cm³/mol. The molecule has 15 nitrogen and oxygen atoms in total. The number of ether oxygens (including phenoxy) is 5. The number of esters is 3. The smallest absolute Gasteiger partial charge is 0.410 e. The third-order valence-corrected chi connectivity index (χ3v) is 8.18. The summed E-state index contributed by atoms with van der Waals surface area (Å²) in [6.45, 7) is 26.4. The van der Waals surface area contributed by atoms with Crippen molar-refractivity contribution in [2.24, 2.45) is 5.92 Å². The Kier molecular flexibility index (Phi) is 17.7. The summed E-state index contributed by atoms with van der Waals surface area (Å²) < 4.78 is 28.4. The zero-order valence-electron chi connectivity index (χ0n) is 38.3. The molecule has 1 aliphatic heterocycles. The fourth-order valence-electron chi connectivity index (χ4n) is 5.97. The van der Waals surface area contributed by atoms with Crippen LogP contribution in [0.15, 0.2) is 24.3 Å². The number of benzene rings is 1. The van der Waals surface area contributed by atoms with Crippen LogP contribution in [0.3, 0.4) is 0 Å². The third kappa shape index (κ3) is 20.3. The van der Waals surface area contributed by atoms with Crippen molar-refractivity contribution in [1.29, 1.82) is 0 Å². The molecule has 3 atom stereocenters. The Hall–Kier alpha value is -4.56. The molecule has 2 rings (SSSR count). The Bertz CT molecular complexity index is 1590. The Morgan fingerprint density at radius 1 is 0.729 bits per heavy atom. The summed E-state index contributed by atoms with van der Waals surface area (Å²) in [7, 11) is 0. The minimum atomic E-state index is -1.15. The molecule has 1 aliphatic rings. The normalized spacial score (nSPS) is 16.0. The second-order valence-electron chi connectivity index (χ2n) is 20.0. The fourth-order valence-corrected chi connectivity index (χ4v) is 5.97. The number of carbonyl (C=O) groups excluding carboxylic acids is 6. The lowest BCUT2D eigenvalue weighted by Gasteiger charge is -2.32. The molecule has 59 heavy (non-hydrogen) atoms. The number of carbonyl (C=O) groups is 6. The first-order valence-corrected chi connectivity index (χ1v) is 20.6. The molecule has 0 spiro atoms. The van der Waals surface area contributed by atoms with E-state index in [4.69, 9.17) is 23.7 Å². The lowest BCUT2D eigenvalue weighted by molar-refractivity contribution is -0.161. The summed E-state index contributed by atoms with van der Waals surface area (Å²) in [5, 5.41) is 5.64. The number of rotatable bonds is 15. The van der Waals surface area contributed by atoms with Crippen LogP contribution in [-0.4, -0.2) is 112 Å². The number of amides is 4. The predicted octanol–water partition coefficient (Wildman–Crippen LogP) is 6.72. The summed E-state index contributed by atoms with van der Waals surface area (Å²) in [6.07, 6.45) is 0.583. The number of likely N-dealkylation sites (tertiary alicyclic amines) is 1. The second-order valence-corrected chi connectivity index (χ2v) is 20.0. The quantitative estimate of drug-likeness (QED) is 0.142. The minimum Gasteiger partial charge on any atom is -0.488 e. The third-order valence-electron chi connectivity index (χ3n) is 8.18. The van der Waals surface area contributed by atoms with Crippen LogP contribution in [0.2, 0.25) is 0 Å². The van der Waals surface area contributed by atoms with Crippen LogP contribution >= 0.6 is 0 Å². The van der Waals surface area contributed by atoms with Gasteiger partial charge in [0.25, 0.3) is 0 Å². The highest BCUT2D eigenvalue weighted by Gasteiger charge is 2.38. The first kappa shape index (κ1) is 50.6. The van der Waals surface area contributed by atoms with Crippen molar-refractivity contribution < 1.29 is 52.5 Å². The van der Waals surface area contributed by atoms with Gasteiger partial charge in [-0.05, 0) is 141 Å². The van der Waals surface area contributed by atoms with Gasteiger partial charge < -0.3 is 39.2 Å². The number of urea groups is 1. The van der Waals surface area contributed by atoms with Gasteiger partial charge in [0.05, 0.1) is 5.92 Å². The average Bonchev–Trinajstić information content (AvgIpc) is 3.53. The molecular weight excluding hydrogens is 761 g/mol. The van der Waals surface area contributed by atoms with Crippen LogP contribution in [0.1, 0.15) is 135 Å². The lowest BCUT2D eigenvalue weighted by Crippen LogP contribution is -2.54. The molecule has 0 unspecified atom stereocenters. The Balaban J connectivity index is 2.45. The van der Waals surface area contributed by atoms with Gasteiger partial charge in [0.15, 0.2) is 0 Å². The van der Waals surface area contributed by atoms with E-state index in [9.17, 15) is 28.8 Å². The molecule has 0 bridgehead atoms. The van der Waals surface area contributed by atoms with E-state index in [2.05, 4.69) is 10.6 Å². The highest BCUT2D eigenvalue weighted by molar-refractivity contribution is 5.87. The first-order valence-electron chi connectivity index (χ1n) is 20.6. The van der Waals surface area contributed by atoms with Crippen molar-refractivity contribution in [2.75, 3.05) is 26.2 Å². The summed E-state index contributed by atoms with van der Waals surface area (Å²) >= 11 is 0. The van der Waals surface area contributed by atoms with Crippen molar-refractivity contribution in [3.05, 3.63) is 29.8 Å². The molecule has 15 heteroatoms. The molecule has 0 aromatic heterocycles. The Morgan fingerprint density at radius 2 is 1.27 bits per heavy atom. The van der Waals surface area contributed by atoms with Crippen LogP contribution < -0.4 is 15.4 Å². The molecule has 1 saturated heterocycles. The van der Waals surface area contributed by atoms with E-state index in [1.807, 2.05) is 20.8 Å². The second kappa shape index (κ2) is 20.6. The van der Waals surface area contributed by atoms with Crippen molar-refractivity contribution in [3.63, 3.8) is 0 Å². The lowest BCUT2D eigenvalue weighted by atomic mass is 10.0. The monoisotopic (exact) mass is 833 g/mol. The van der Waals surface area contributed by atoms with Gasteiger partial charge in [-0.3, -0.25) is 19.3 Å². The maximum atomic E-state index is 14.3. The Morgan fingerprint density at radius 3 is 1.80 bits per heavy atom. The number of hydrogen-bond donors (Lipinski definition) is 2. The molecule has 0 radical (unpaired) electrons. The zero-order valence-corrected chi connectivity index (χ0v) is 38.3. The average molecular weight is 833 g/mol. The van der Waals surface area contributed by atoms with Gasteiger partial charge in [-0.1, -0.05) is 12.1 Å². The van der Waals surface area contributed by atoms with Crippen molar-refractivity contribution in [1.82, 2.24) is 20.4 Å². The summed E-state index contributed by atoms with van der Waals surface area (Å²) in [5.41, 5.74) is -2.94. The molecule has 0 saturated carbocycles. The van der Waals surface area contributed by atoms with Gasteiger partial charge >= 0.3 is 30.0 Å². The maximum absolute atomic E-state index is 14.3. The van der Waals surface area contributed by atoms with Gasteiger partial charge in [0.2, 0.25) is 5.91 Å². The molecular formula is C44H72N4O11. The maximum Gasteiger partial charge on any atom is 0.410 e. The van der Waals surface area contributed by atoms with Crippen LogP contribution in [0.25, 0.3) is 0 Å². The molecule has 2 N–H and O–H groups in total. The van der Waals surface area contributed by atoms with E-state index in [0.717, 1.165) is 5.56 Å². The van der Waals surface area contributed by atoms with Crippen molar-refractivity contribution >= 4 is 35.9 Å². The molecule has 1 fully saturated rings. The van der Waals surface area contributed by atoms with Crippen LogP contribution in [0, 0.1) is 5.92 Å². The summed E-state index contributed by atoms with van der Waals surface area (Å²) in [6, 6.07) is 4.51. The van der Waals surface area contributed by atoms with E-state index < -0.39 is 81.9 Å². The van der Waals surface area contributed by atoms with E-state index >= 15 is 0 Å². The zero-order chi connectivity index (χ0) is 45.1. The van der Waals surface area contributed by atoms with Gasteiger partial charge in [0, 0.05) is 39.0 Å². The fraction of sp³-hybridized carbons (Fsp3) is 0.727. The van der Waals surface area contributed by atoms with E-state index in [-0.39, 0.29) is 38.9 Å². The topological polar surface area (TPSA) is 179 Å². The highest BCUT2D eigenvalue weighted by atomic mass is 16.6. The standard InChI is InChI=1S/C44H72N4O11/c1-40(2,3)55-31-22-20-29(21-23-31)26-32(37(52)58-43(10,11)12)46-38(53)47(24-17-19-34(49)56-41(4,5)6)28-30(36(51)57-42(7,8)9)27-45-35(50)33-18-16-25-48(33)39(54)59-44(13,14)15/h20-23,30,32-33H,16-19,24-28H2,1-15H3,(H,45,50)(H,46,53)/t30-,32+,33+/m1/s1. The minimum absolute atomic E-state index is 0.0206. The van der Waals surface area contributed by atoms with Crippen molar-refractivity contribution in [3.8, 4) is 5.75 Å². The molecule has 1 aromatic carbocycles. The number of nitrogens with one attached hydrogen (secondary N) is 2. The van der Waals surface area contributed by atoms with Crippen LogP contribution in [0.5, 0.6) is 5.75 Å². The Labute approximate surface area is 351 Å². The summed E-state index contributed by atoms with van der Waals surface area (Å²) in [5.74, 6) is -2.74. The SMILES string of the molecule is CC(C)(C)OC(=O)CCCN(C[C@@H](CNC(=O)[C@@H]1CCCN1C(=O)OC(C)(C)C)C(=O)OC(C)(C)C)C(=O)N[C@@H](Cc1ccc(OC(C)(C)C)cc1)C(=O)OC(C)(C)C. The molecule has 334 valence electrons. The molecule has 1 heterocycles. The number of hydrogen-bond acceptors (Lipinski definition) is 11. The molecule has 1 aromatic rings. The number of nitrogens with zero attached hydrogens (tertiary/aromatic N) is 2. The first-order chi connectivity index (χ1) is 26.8. The molecule has 4 amide bonds. The van der Waals surface area contributed by atoms with Gasteiger partial charge in [-0.25, -0.2) is 14.4 Å². The van der Waals surface area contributed by atoms with E-state index in [1.54, 1.807) is 107 Å². The van der Waals surface area contributed by atoms with Gasteiger partial charge in [-0.2, -0.15) is 0 Å². The van der Waals surface area contributed by atoms with Crippen LogP contribution in [0.4, 0.5) is 9.59 Å². The van der Waals surface area contributed by atoms with E-state index in [0.29, 0.717) is 25.1 Å². The van der Waals surface area contributed by atoms with Crippen molar-refractivity contribution in [2.45, 2.75) is 176 Å². The van der Waals surface area contributed by atoms with Crippen LogP contribution in [-0.2, 0) is 44.5 Å². The van der Waals surface area contributed by atoms with Gasteiger partial charge in [0.1, 0.15) is 45.8 Å².